The minimum atomic E-state index is 0.0887. The molecule has 0 unspecified atom stereocenters. The first-order valence-corrected chi connectivity index (χ1v) is 8.76. The quantitative estimate of drug-likeness (QED) is 0.534. The van der Waals surface area contributed by atoms with Gasteiger partial charge in [-0.15, -0.1) is 0 Å². The van der Waals surface area contributed by atoms with E-state index in [-0.39, 0.29) is 5.41 Å². The highest BCUT2D eigenvalue weighted by Gasteiger charge is 2.20. The maximum Gasteiger partial charge on any atom is 0.223 e. The number of hydrogen-bond donors (Lipinski definition) is 0. The van der Waals surface area contributed by atoms with Crippen LogP contribution in [0.4, 0.5) is 0 Å². The highest BCUT2D eigenvalue weighted by atomic mass is 16.2. The molecule has 0 aromatic carbocycles. The molecule has 0 radical (unpaired) electrons. The lowest BCUT2D eigenvalue weighted by Gasteiger charge is -2.27. The third kappa shape index (κ3) is 11.7. The smallest absolute Gasteiger partial charge is 0.223 e. The number of rotatable bonds is 11. The van der Waals surface area contributed by atoms with Crippen LogP contribution in [0.5, 0.6) is 0 Å². The summed E-state index contributed by atoms with van der Waals surface area (Å²) in [5, 5.41) is 0. The van der Waals surface area contributed by atoms with Gasteiger partial charge in [-0.3, -0.25) is 4.79 Å². The normalized spacial score (nSPS) is 12.0. The summed E-state index contributed by atoms with van der Waals surface area (Å²) in [4.78, 5) is 16.8. The van der Waals surface area contributed by atoms with Crippen LogP contribution in [0.1, 0.15) is 73.1 Å². The average molecular weight is 299 g/mol. The molecule has 0 aliphatic carbocycles. The molecule has 0 saturated heterocycles. The number of nitrogens with zero attached hydrogens (tertiary/aromatic N) is 2. The summed E-state index contributed by atoms with van der Waals surface area (Å²) in [5.74, 6) is 0.335. The summed E-state index contributed by atoms with van der Waals surface area (Å²) in [6.45, 7) is 15.0. The summed E-state index contributed by atoms with van der Waals surface area (Å²) < 4.78 is 0. The Kier molecular flexibility index (Phi) is 10.8. The molecular weight excluding hydrogens is 260 g/mol. The van der Waals surface area contributed by atoms with Gasteiger partial charge in [0.25, 0.3) is 0 Å². The first-order chi connectivity index (χ1) is 9.80. The van der Waals surface area contributed by atoms with Crippen LogP contribution >= 0.6 is 0 Å². The molecule has 0 spiro atoms. The van der Waals surface area contributed by atoms with E-state index in [1.807, 2.05) is 0 Å². The summed E-state index contributed by atoms with van der Waals surface area (Å²) in [7, 11) is 2.17. The van der Waals surface area contributed by atoms with E-state index >= 15 is 0 Å². The highest BCUT2D eigenvalue weighted by molar-refractivity contribution is 5.76. The molecule has 0 aliphatic heterocycles. The van der Waals surface area contributed by atoms with Gasteiger partial charge in [0.15, 0.2) is 0 Å². The molecule has 0 heterocycles. The van der Waals surface area contributed by atoms with Crippen molar-refractivity contribution >= 4 is 5.91 Å². The van der Waals surface area contributed by atoms with Gasteiger partial charge in [-0.1, -0.05) is 47.5 Å². The van der Waals surface area contributed by atoms with Crippen LogP contribution in [0.15, 0.2) is 0 Å². The SMILES string of the molecule is CCCCN(CCCCCN(C)CC)C(=O)CC(C)(C)C. The van der Waals surface area contributed by atoms with Crippen molar-refractivity contribution in [1.82, 2.24) is 9.80 Å². The summed E-state index contributed by atoms with van der Waals surface area (Å²) in [6, 6.07) is 0. The molecule has 21 heavy (non-hydrogen) atoms. The molecule has 0 atom stereocenters. The monoisotopic (exact) mass is 298 g/mol. The number of carbonyl (C=O) groups excluding carboxylic acids is 1. The molecule has 1 amide bonds. The van der Waals surface area contributed by atoms with Crippen molar-refractivity contribution in [2.75, 3.05) is 33.2 Å². The molecule has 0 aromatic heterocycles. The molecule has 3 heteroatoms. The lowest BCUT2D eigenvalue weighted by atomic mass is 9.91. The maximum absolute atomic E-state index is 12.4. The summed E-state index contributed by atoms with van der Waals surface area (Å²) in [6.07, 6.45) is 6.52. The van der Waals surface area contributed by atoms with Crippen molar-refractivity contribution in [2.24, 2.45) is 5.41 Å². The van der Waals surface area contributed by atoms with Crippen LogP contribution in [0, 0.1) is 5.41 Å². The van der Waals surface area contributed by atoms with Crippen molar-refractivity contribution < 1.29 is 4.79 Å². The Labute approximate surface area is 133 Å². The van der Waals surface area contributed by atoms with Gasteiger partial charge >= 0.3 is 0 Å². The van der Waals surface area contributed by atoms with Crippen LogP contribution in [-0.2, 0) is 4.79 Å². The van der Waals surface area contributed by atoms with Crippen molar-refractivity contribution in [2.45, 2.75) is 73.1 Å². The zero-order chi connectivity index (χ0) is 16.3. The molecule has 0 rings (SSSR count). The molecule has 0 bridgehead atoms. The van der Waals surface area contributed by atoms with Gasteiger partial charge in [0.1, 0.15) is 0 Å². The van der Waals surface area contributed by atoms with Crippen LogP contribution in [0.25, 0.3) is 0 Å². The topological polar surface area (TPSA) is 23.6 Å². The van der Waals surface area contributed by atoms with E-state index in [9.17, 15) is 4.79 Å². The first-order valence-electron chi connectivity index (χ1n) is 8.76. The standard InChI is InChI=1S/C18H38N2O/c1-7-9-14-20(17(21)16-18(3,4)5)15-12-10-11-13-19(6)8-2/h7-16H2,1-6H3. The van der Waals surface area contributed by atoms with Gasteiger partial charge in [-0.2, -0.15) is 0 Å². The van der Waals surface area contributed by atoms with Crippen molar-refractivity contribution in [1.29, 1.82) is 0 Å². The largest absolute Gasteiger partial charge is 0.343 e. The number of carbonyl (C=O) groups is 1. The second kappa shape index (κ2) is 11.1. The van der Waals surface area contributed by atoms with E-state index in [1.54, 1.807) is 0 Å². The lowest BCUT2D eigenvalue weighted by molar-refractivity contribution is -0.133. The molecule has 0 fully saturated rings. The Morgan fingerprint density at radius 1 is 0.905 bits per heavy atom. The van der Waals surface area contributed by atoms with E-state index in [0.29, 0.717) is 12.3 Å². The van der Waals surface area contributed by atoms with Crippen LogP contribution < -0.4 is 0 Å². The van der Waals surface area contributed by atoms with Gasteiger partial charge in [-0.05, 0) is 44.8 Å². The fourth-order valence-electron chi connectivity index (χ4n) is 2.29. The van der Waals surface area contributed by atoms with E-state index < -0.39 is 0 Å². The maximum atomic E-state index is 12.4. The summed E-state index contributed by atoms with van der Waals surface area (Å²) >= 11 is 0. The zero-order valence-corrected chi connectivity index (χ0v) is 15.4. The Balaban J connectivity index is 4.09. The van der Waals surface area contributed by atoms with Crippen LogP contribution in [-0.4, -0.2) is 48.9 Å². The van der Waals surface area contributed by atoms with Gasteiger partial charge < -0.3 is 9.80 Å². The Hall–Kier alpha value is -0.570. The lowest BCUT2D eigenvalue weighted by Crippen LogP contribution is -2.35. The average Bonchev–Trinajstić information content (AvgIpc) is 2.39. The van der Waals surface area contributed by atoms with Crippen molar-refractivity contribution in [3.63, 3.8) is 0 Å². The predicted molar refractivity (Wildman–Crippen MR) is 92.6 cm³/mol. The molecule has 0 saturated carbocycles. The van der Waals surface area contributed by atoms with Crippen molar-refractivity contribution in [3.8, 4) is 0 Å². The predicted octanol–water partition coefficient (Wildman–Crippen LogP) is 4.17. The highest BCUT2D eigenvalue weighted by Crippen LogP contribution is 2.20. The van der Waals surface area contributed by atoms with Crippen LogP contribution in [0.2, 0.25) is 0 Å². The van der Waals surface area contributed by atoms with E-state index in [4.69, 9.17) is 0 Å². The Morgan fingerprint density at radius 3 is 2.00 bits per heavy atom. The van der Waals surface area contributed by atoms with Crippen molar-refractivity contribution in [3.05, 3.63) is 0 Å². The molecule has 126 valence electrons. The van der Waals surface area contributed by atoms with Gasteiger partial charge in [-0.25, -0.2) is 0 Å². The Bertz CT molecular complexity index is 271. The number of hydrogen-bond acceptors (Lipinski definition) is 2. The number of amides is 1. The van der Waals surface area contributed by atoms with E-state index in [0.717, 1.165) is 38.9 Å². The minimum absolute atomic E-state index is 0.0887. The second-order valence-corrected chi connectivity index (χ2v) is 7.43. The van der Waals surface area contributed by atoms with E-state index in [2.05, 4.69) is 51.5 Å². The van der Waals surface area contributed by atoms with Crippen LogP contribution in [0.3, 0.4) is 0 Å². The molecule has 3 nitrogen and oxygen atoms in total. The molecule has 0 aromatic rings. The van der Waals surface area contributed by atoms with Gasteiger partial charge in [0.2, 0.25) is 5.91 Å². The number of unbranched alkanes of at least 4 members (excludes halogenated alkanes) is 3. The second-order valence-electron chi connectivity index (χ2n) is 7.43. The third-order valence-corrected chi connectivity index (χ3v) is 3.82. The fourth-order valence-corrected chi connectivity index (χ4v) is 2.29. The summed E-state index contributed by atoms with van der Waals surface area (Å²) in [5.41, 5.74) is 0.0887. The Morgan fingerprint density at radius 2 is 1.48 bits per heavy atom. The molecule has 0 N–H and O–H groups in total. The third-order valence-electron chi connectivity index (χ3n) is 3.82. The van der Waals surface area contributed by atoms with E-state index in [1.165, 1.54) is 19.4 Å². The van der Waals surface area contributed by atoms with Gasteiger partial charge in [0, 0.05) is 19.5 Å². The minimum Gasteiger partial charge on any atom is -0.343 e. The first kappa shape index (κ1) is 20.4. The van der Waals surface area contributed by atoms with Gasteiger partial charge in [0.05, 0.1) is 0 Å². The molecular formula is C18H38N2O. The molecule has 0 aliphatic rings. The fraction of sp³-hybridized carbons (Fsp3) is 0.944. The zero-order valence-electron chi connectivity index (χ0n) is 15.4.